The number of amides is 1. The monoisotopic (exact) mass is 324 g/mol. The van der Waals surface area contributed by atoms with Gasteiger partial charge in [0.25, 0.3) is 0 Å². The molecule has 1 aliphatic rings. The highest BCUT2D eigenvalue weighted by Crippen LogP contribution is 2.18. The second kappa shape index (κ2) is 7.75. The van der Waals surface area contributed by atoms with Crippen molar-refractivity contribution in [3.05, 3.63) is 36.5 Å². The standard InChI is InChI=1S/C18H20N4O2/c19-12-15-4-2-9-22(15)18(23)13-20-8-10-24-16-5-6-17-14(11-16)3-1-7-21-17/h1,3,5-7,11,15,20H,2,4,8-10,13H2. The zero-order chi connectivity index (χ0) is 16.8. The summed E-state index contributed by atoms with van der Waals surface area (Å²) in [6, 6.07) is 11.6. The summed E-state index contributed by atoms with van der Waals surface area (Å²) >= 11 is 0. The SMILES string of the molecule is N#CC1CCCN1C(=O)CNCCOc1ccc2ncccc2c1. The minimum atomic E-state index is -0.262. The van der Waals surface area contributed by atoms with E-state index in [1.54, 1.807) is 11.1 Å². The van der Waals surface area contributed by atoms with Crippen molar-refractivity contribution in [3.63, 3.8) is 0 Å². The summed E-state index contributed by atoms with van der Waals surface area (Å²) in [5.74, 6) is 0.767. The first-order valence-electron chi connectivity index (χ1n) is 8.15. The van der Waals surface area contributed by atoms with E-state index >= 15 is 0 Å². The molecule has 2 heterocycles. The molecule has 0 saturated carbocycles. The highest BCUT2D eigenvalue weighted by atomic mass is 16.5. The van der Waals surface area contributed by atoms with Crippen LogP contribution in [0.3, 0.4) is 0 Å². The molecule has 1 atom stereocenters. The molecule has 1 amide bonds. The quantitative estimate of drug-likeness (QED) is 0.819. The Bertz CT molecular complexity index is 756. The molecule has 0 aliphatic carbocycles. The molecular formula is C18H20N4O2. The van der Waals surface area contributed by atoms with Crippen molar-refractivity contribution in [1.29, 1.82) is 5.26 Å². The van der Waals surface area contributed by atoms with E-state index < -0.39 is 0 Å². The number of nitrogens with zero attached hydrogens (tertiary/aromatic N) is 3. The predicted molar refractivity (Wildman–Crippen MR) is 90.5 cm³/mol. The lowest BCUT2D eigenvalue weighted by atomic mass is 10.2. The van der Waals surface area contributed by atoms with Gasteiger partial charge >= 0.3 is 0 Å². The molecule has 0 bridgehead atoms. The highest BCUT2D eigenvalue weighted by Gasteiger charge is 2.27. The molecule has 0 radical (unpaired) electrons. The molecule has 1 saturated heterocycles. The minimum Gasteiger partial charge on any atom is -0.492 e. The van der Waals surface area contributed by atoms with Gasteiger partial charge in [-0.1, -0.05) is 6.07 Å². The third-order valence-electron chi connectivity index (χ3n) is 4.12. The van der Waals surface area contributed by atoms with E-state index in [1.165, 1.54) is 0 Å². The van der Waals surface area contributed by atoms with Gasteiger partial charge < -0.3 is 15.0 Å². The van der Waals surface area contributed by atoms with Crippen molar-refractivity contribution in [1.82, 2.24) is 15.2 Å². The van der Waals surface area contributed by atoms with Gasteiger partial charge in [0.1, 0.15) is 18.4 Å². The summed E-state index contributed by atoms with van der Waals surface area (Å²) in [4.78, 5) is 18.0. The average molecular weight is 324 g/mol. The first-order chi connectivity index (χ1) is 11.8. The highest BCUT2D eigenvalue weighted by molar-refractivity contribution is 5.80. The lowest BCUT2D eigenvalue weighted by Crippen LogP contribution is -2.41. The number of carbonyl (C=O) groups excluding carboxylic acids is 1. The van der Waals surface area contributed by atoms with Crippen LogP contribution >= 0.6 is 0 Å². The second-order valence-corrected chi connectivity index (χ2v) is 5.76. The molecule has 6 heteroatoms. The topological polar surface area (TPSA) is 78.2 Å². The normalized spacial score (nSPS) is 17.0. The van der Waals surface area contributed by atoms with Gasteiger partial charge in [-0.15, -0.1) is 0 Å². The number of nitriles is 1. The first kappa shape index (κ1) is 16.2. The van der Waals surface area contributed by atoms with E-state index in [1.807, 2.05) is 30.3 Å². The Morgan fingerprint density at radius 2 is 2.38 bits per heavy atom. The molecule has 1 N–H and O–H groups in total. The zero-order valence-corrected chi connectivity index (χ0v) is 13.4. The zero-order valence-electron chi connectivity index (χ0n) is 13.4. The second-order valence-electron chi connectivity index (χ2n) is 5.76. The van der Waals surface area contributed by atoms with Crippen molar-refractivity contribution in [2.75, 3.05) is 26.2 Å². The lowest BCUT2D eigenvalue weighted by Gasteiger charge is -2.19. The van der Waals surface area contributed by atoms with Gasteiger partial charge in [-0.2, -0.15) is 5.26 Å². The van der Waals surface area contributed by atoms with Crippen LogP contribution in [0.25, 0.3) is 10.9 Å². The number of aromatic nitrogens is 1. The third-order valence-corrected chi connectivity index (χ3v) is 4.12. The number of pyridine rings is 1. The smallest absolute Gasteiger partial charge is 0.237 e. The molecule has 1 aliphatic heterocycles. The van der Waals surface area contributed by atoms with Gasteiger partial charge in [-0.25, -0.2) is 0 Å². The average Bonchev–Trinajstić information content (AvgIpc) is 3.10. The van der Waals surface area contributed by atoms with Gasteiger partial charge in [-0.3, -0.25) is 9.78 Å². The maximum absolute atomic E-state index is 12.1. The molecule has 0 spiro atoms. The molecule has 1 unspecified atom stereocenters. The maximum Gasteiger partial charge on any atom is 0.237 e. The minimum absolute atomic E-state index is 0.0178. The summed E-state index contributed by atoms with van der Waals surface area (Å²) in [6.45, 7) is 1.96. The Kier molecular flexibility index (Phi) is 5.24. The fraction of sp³-hybridized carbons (Fsp3) is 0.389. The third kappa shape index (κ3) is 3.81. The fourth-order valence-corrected chi connectivity index (χ4v) is 2.88. The van der Waals surface area contributed by atoms with Gasteiger partial charge in [0.2, 0.25) is 5.91 Å². The van der Waals surface area contributed by atoms with Crippen LogP contribution in [0.2, 0.25) is 0 Å². The molecule has 1 fully saturated rings. The van der Waals surface area contributed by atoms with Crippen LogP contribution in [-0.4, -0.2) is 48.1 Å². The van der Waals surface area contributed by atoms with E-state index in [-0.39, 0.29) is 18.5 Å². The Morgan fingerprint density at radius 3 is 3.25 bits per heavy atom. The summed E-state index contributed by atoms with van der Waals surface area (Å²) in [7, 11) is 0. The van der Waals surface area contributed by atoms with E-state index in [2.05, 4.69) is 16.4 Å². The molecular weight excluding hydrogens is 304 g/mol. The van der Waals surface area contributed by atoms with Crippen molar-refractivity contribution >= 4 is 16.8 Å². The Morgan fingerprint density at radius 1 is 1.46 bits per heavy atom. The van der Waals surface area contributed by atoms with E-state index in [0.717, 1.165) is 29.5 Å². The molecule has 3 rings (SSSR count). The molecule has 6 nitrogen and oxygen atoms in total. The van der Waals surface area contributed by atoms with E-state index in [0.29, 0.717) is 19.7 Å². The van der Waals surface area contributed by atoms with E-state index in [4.69, 9.17) is 10.00 Å². The maximum atomic E-state index is 12.1. The summed E-state index contributed by atoms with van der Waals surface area (Å²) in [5, 5.41) is 13.1. The number of benzene rings is 1. The van der Waals surface area contributed by atoms with Crippen LogP contribution in [0.15, 0.2) is 36.5 Å². The number of fused-ring (bicyclic) bond motifs is 1. The van der Waals surface area contributed by atoms with Gasteiger partial charge in [0, 0.05) is 24.7 Å². The lowest BCUT2D eigenvalue weighted by molar-refractivity contribution is -0.130. The number of hydrogen-bond donors (Lipinski definition) is 1. The predicted octanol–water partition coefficient (Wildman–Crippen LogP) is 1.72. The van der Waals surface area contributed by atoms with Crippen LogP contribution in [-0.2, 0) is 4.79 Å². The fourth-order valence-electron chi connectivity index (χ4n) is 2.88. The number of nitrogens with one attached hydrogen (secondary N) is 1. The van der Waals surface area contributed by atoms with Crippen molar-refractivity contribution in [2.45, 2.75) is 18.9 Å². The van der Waals surface area contributed by atoms with Crippen molar-refractivity contribution in [3.8, 4) is 11.8 Å². The number of likely N-dealkylation sites (tertiary alicyclic amines) is 1. The number of rotatable bonds is 6. The van der Waals surface area contributed by atoms with Gasteiger partial charge in [0.05, 0.1) is 18.1 Å². The van der Waals surface area contributed by atoms with Gasteiger partial charge in [-0.05, 0) is 37.1 Å². The number of ether oxygens (including phenoxy) is 1. The van der Waals surface area contributed by atoms with Gasteiger partial charge in [0.15, 0.2) is 0 Å². The van der Waals surface area contributed by atoms with Crippen LogP contribution in [0.5, 0.6) is 5.75 Å². The molecule has 1 aromatic carbocycles. The molecule has 1 aromatic heterocycles. The molecule has 2 aromatic rings. The van der Waals surface area contributed by atoms with Crippen LogP contribution in [0.4, 0.5) is 0 Å². The Balaban J connectivity index is 1.40. The number of hydrogen-bond acceptors (Lipinski definition) is 5. The number of carbonyl (C=O) groups is 1. The summed E-state index contributed by atoms with van der Waals surface area (Å²) < 4.78 is 5.70. The molecule has 124 valence electrons. The van der Waals surface area contributed by atoms with Crippen molar-refractivity contribution in [2.24, 2.45) is 0 Å². The summed E-state index contributed by atoms with van der Waals surface area (Å²) in [5.41, 5.74) is 0.936. The van der Waals surface area contributed by atoms with Crippen LogP contribution in [0.1, 0.15) is 12.8 Å². The Labute approximate surface area is 141 Å². The van der Waals surface area contributed by atoms with Crippen molar-refractivity contribution < 1.29 is 9.53 Å². The van der Waals surface area contributed by atoms with Crippen LogP contribution in [0, 0.1) is 11.3 Å². The molecule has 24 heavy (non-hydrogen) atoms. The van der Waals surface area contributed by atoms with Crippen LogP contribution < -0.4 is 10.1 Å². The Hall–Kier alpha value is -2.65. The largest absolute Gasteiger partial charge is 0.492 e. The first-order valence-corrected chi connectivity index (χ1v) is 8.15. The summed E-state index contributed by atoms with van der Waals surface area (Å²) in [6.07, 6.45) is 3.45. The van der Waals surface area contributed by atoms with E-state index in [9.17, 15) is 4.79 Å².